The summed E-state index contributed by atoms with van der Waals surface area (Å²) in [5, 5.41) is 16.2. The van der Waals surface area contributed by atoms with Gasteiger partial charge in [-0.15, -0.1) is 10.2 Å². The van der Waals surface area contributed by atoms with Gasteiger partial charge in [0, 0.05) is 31.6 Å². The Morgan fingerprint density at radius 2 is 2.11 bits per heavy atom. The molecular weight excluding hydrogens is 360 g/mol. The van der Waals surface area contributed by atoms with E-state index in [9.17, 15) is 0 Å². The first-order chi connectivity index (χ1) is 13.0. The van der Waals surface area contributed by atoms with Crippen LogP contribution < -0.4 is 10.6 Å². The highest BCUT2D eigenvalue weighted by Gasteiger charge is 2.20. The second-order valence-electron chi connectivity index (χ2n) is 7.89. The van der Waals surface area contributed by atoms with Crippen LogP contribution in [0.5, 0.6) is 0 Å². The van der Waals surface area contributed by atoms with Gasteiger partial charge in [-0.3, -0.25) is 4.99 Å². The monoisotopic (exact) mass is 388 g/mol. The predicted octanol–water partition coefficient (Wildman–Crippen LogP) is 3.20. The number of hydrogen-bond acceptors (Lipinski definition) is 3. The van der Waals surface area contributed by atoms with Crippen molar-refractivity contribution in [1.29, 1.82) is 0 Å². The second kappa shape index (κ2) is 8.74. The fraction of sp³-hybridized carbons (Fsp3) is 0.550. The number of nitrogens with one attached hydrogen (secondary N) is 2. The van der Waals surface area contributed by atoms with Gasteiger partial charge in [0.2, 0.25) is 0 Å². The molecule has 27 heavy (non-hydrogen) atoms. The molecule has 0 saturated heterocycles. The van der Waals surface area contributed by atoms with Crippen molar-refractivity contribution in [3.8, 4) is 0 Å². The van der Waals surface area contributed by atoms with Crippen LogP contribution in [0, 0.1) is 5.41 Å². The Morgan fingerprint density at radius 1 is 1.26 bits per heavy atom. The van der Waals surface area contributed by atoms with Crippen LogP contribution in [0.4, 0.5) is 0 Å². The van der Waals surface area contributed by atoms with Crippen molar-refractivity contribution >= 4 is 17.6 Å². The second-order valence-corrected chi connectivity index (χ2v) is 8.33. The lowest BCUT2D eigenvalue weighted by Gasteiger charge is -2.26. The van der Waals surface area contributed by atoms with Gasteiger partial charge in [-0.25, -0.2) is 0 Å². The summed E-state index contributed by atoms with van der Waals surface area (Å²) < 4.78 is 2.23. The Labute approximate surface area is 166 Å². The van der Waals surface area contributed by atoms with Crippen LogP contribution in [0.3, 0.4) is 0 Å². The Hall–Kier alpha value is -2.08. The molecule has 1 aromatic carbocycles. The molecule has 1 aliphatic heterocycles. The van der Waals surface area contributed by atoms with Gasteiger partial charge in [0.15, 0.2) is 11.8 Å². The number of aromatic nitrogens is 3. The van der Waals surface area contributed by atoms with E-state index in [0.29, 0.717) is 6.54 Å². The summed E-state index contributed by atoms with van der Waals surface area (Å²) in [6, 6.07) is 8.06. The van der Waals surface area contributed by atoms with Gasteiger partial charge in [-0.05, 0) is 42.4 Å². The topological polar surface area (TPSA) is 67.1 Å². The molecule has 2 heterocycles. The number of benzene rings is 1. The van der Waals surface area contributed by atoms with E-state index in [4.69, 9.17) is 11.6 Å². The summed E-state index contributed by atoms with van der Waals surface area (Å²) in [4.78, 5) is 4.34. The zero-order valence-corrected chi connectivity index (χ0v) is 17.2. The van der Waals surface area contributed by atoms with Gasteiger partial charge in [0.1, 0.15) is 5.82 Å². The van der Waals surface area contributed by atoms with Crippen molar-refractivity contribution in [2.24, 2.45) is 10.4 Å². The number of aryl methyl sites for hydroxylation is 1. The molecule has 1 aliphatic rings. The molecule has 6 nitrogen and oxygen atoms in total. The first-order valence-electron chi connectivity index (χ1n) is 9.57. The van der Waals surface area contributed by atoms with E-state index in [0.717, 1.165) is 48.6 Å². The van der Waals surface area contributed by atoms with Crippen molar-refractivity contribution in [3.05, 3.63) is 46.5 Å². The molecule has 0 unspecified atom stereocenters. The number of guanidine groups is 1. The lowest BCUT2D eigenvalue weighted by molar-refractivity contribution is 0.359. The van der Waals surface area contributed by atoms with E-state index >= 15 is 0 Å². The van der Waals surface area contributed by atoms with Crippen molar-refractivity contribution in [1.82, 2.24) is 25.4 Å². The fourth-order valence-electron chi connectivity index (χ4n) is 3.47. The molecule has 2 aromatic rings. The van der Waals surface area contributed by atoms with Gasteiger partial charge in [-0.1, -0.05) is 37.6 Å². The van der Waals surface area contributed by atoms with E-state index in [1.54, 1.807) is 7.05 Å². The Bertz CT molecular complexity index is 796. The number of halogens is 1. The lowest BCUT2D eigenvalue weighted by atomic mass is 9.86. The minimum Gasteiger partial charge on any atom is -0.356 e. The molecule has 7 heteroatoms. The highest BCUT2D eigenvalue weighted by Crippen LogP contribution is 2.22. The summed E-state index contributed by atoms with van der Waals surface area (Å²) in [5.41, 5.74) is 1.31. The average Bonchev–Trinajstić information content (AvgIpc) is 3.05. The molecule has 1 aromatic heterocycles. The maximum absolute atomic E-state index is 6.11. The van der Waals surface area contributed by atoms with Crippen LogP contribution in [-0.4, -0.2) is 34.3 Å². The number of hydrogen-bond donors (Lipinski definition) is 2. The zero-order valence-electron chi connectivity index (χ0n) is 16.4. The van der Waals surface area contributed by atoms with Crippen LogP contribution >= 0.6 is 11.6 Å². The summed E-state index contributed by atoms with van der Waals surface area (Å²) in [6.07, 6.45) is 4.37. The third-order valence-corrected chi connectivity index (χ3v) is 5.11. The molecule has 0 fully saturated rings. The van der Waals surface area contributed by atoms with Crippen molar-refractivity contribution < 1.29 is 0 Å². The normalized spacial score (nSPS) is 14.7. The molecule has 0 atom stereocenters. The summed E-state index contributed by atoms with van der Waals surface area (Å²) >= 11 is 6.11. The van der Waals surface area contributed by atoms with Gasteiger partial charge in [-0.2, -0.15) is 0 Å². The summed E-state index contributed by atoms with van der Waals surface area (Å²) in [5.74, 6) is 2.86. The van der Waals surface area contributed by atoms with E-state index in [1.807, 2.05) is 18.2 Å². The van der Waals surface area contributed by atoms with E-state index in [1.165, 1.54) is 18.4 Å². The van der Waals surface area contributed by atoms with E-state index < -0.39 is 0 Å². The highest BCUT2D eigenvalue weighted by atomic mass is 35.5. The van der Waals surface area contributed by atoms with Crippen LogP contribution in [0.25, 0.3) is 0 Å². The van der Waals surface area contributed by atoms with Crippen molar-refractivity contribution in [2.45, 2.75) is 52.6 Å². The number of rotatable bonds is 6. The summed E-state index contributed by atoms with van der Waals surface area (Å²) in [6.45, 7) is 6.92. The average molecular weight is 389 g/mol. The fourth-order valence-corrected chi connectivity index (χ4v) is 3.68. The van der Waals surface area contributed by atoms with Gasteiger partial charge >= 0.3 is 0 Å². The van der Waals surface area contributed by atoms with Crippen molar-refractivity contribution in [3.63, 3.8) is 0 Å². The number of fused-ring (bicyclic) bond motifs is 1. The van der Waals surface area contributed by atoms with E-state index in [2.05, 4.69) is 50.3 Å². The van der Waals surface area contributed by atoms with Gasteiger partial charge < -0.3 is 15.2 Å². The third-order valence-electron chi connectivity index (χ3n) is 4.88. The van der Waals surface area contributed by atoms with Crippen LogP contribution in [0.2, 0.25) is 5.02 Å². The van der Waals surface area contributed by atoms with Crippen molar-refractivity contribution in [2.75, 3.05) is 13.6 Å². The first kappa shape index (κ1) is 19.7. The molecule has 0 spiro atoms. The predicted molar refractivity (Wildman–Crippen MR) is 110 cm³/mol. The maximum Gasteiger partial charge on any atom is 0.191 e. The molecule has 2 N–H and O–H groups in total. The minimum atomic E-state index is 0.0658. The molecule has 0 bridgehead atoms. The maximum atomic E-state index is 6.11. The number of aliphatic imine (C=N–C) groups is 1. The Balaban J connectivity index is 1.52. The highest BCUT2D eigenvalue weighted by molar-refractivity contribution is 6.30. The first-order valence-corrected chi connectivity index (χ1v) is 9.94. The molecular formula is C20H29ClN6. The summed E-state index contributed by atoms with van der Waals surface area (Å²) in [7, 11) is 1.79. The number of nitrogens with zero attached hydrogens (tertiary/aromatic N) is 4. The molecule has 0 aliphatic carbocycles. The van der Waals surface area contributed by atoms with Gasteiger partial charge in [0.25, 0.3) is 0 Å². The van der Waals surface area contributed by atoms with E-state index in [-0.39, 0.29) is 5.41 Å². The zero-order chi connectivity index (χ0) is 19.3. The smallest absolute Gasteiger partial charge is 0.191 e. The van der Waals surface area contributed by atoms with Gasteiger partial charge in [0.05, 0.1) is 6.54 Å². The molecule has 0 radical (unpaired) electrons. The molecule has 146 valence electrons. The minimum absolute atomic E-state index is 0.0658. The Kier molecular flexibility index (Phi) is 6.37. The molecule has 3 rings (SSSR count). The molecule has 0 saturated carbocycles. The quantitative estimate of drug-likeness (QED) is 0.589. The molecule has 0 amide bonds. The van der Waals surface area contributed by atoms with Crippen LogP contribution in [0.1, 0.15) is 43.9 Å². The third kappa shape index (κ3) is 5.45. The SMILES string of the molecule is CN=C(NCc1nnc2n1CCCC2)NCC(C)(C)Cc1cccc(Cl)c1. The Morgan fingerprint density at radius 3 is 2.89 bits per heavy atom. The van der Waals surface area contributed by atoms with Crippen LogP contribution in [-0.2, 0) is 25.9 Å². The largest absolute Gasteiger partial charge is 0.356 e. The lowest BCUT2D eigenvalue weighted by Crippen LogP contribution is -2.42. The standard InChI is InChI=1S/C20H29ClN6/c1-20(2,12-15-7-6-8-16(21)11-15)14-24-19(22-3)23-13-18-26-25-17-9-4-5-10-27(17)18/h6-8,11H,4-5,9-10,12-14H2,1-3H3,(H2,22,23,24). The van der Waals surface area contributed by atoms with Crippen LogP contribution in [0.15, 0.2) is 29.3 Å².